The fraction of sp³-hybridized carbons (Fsp3) is 0.133. The van der Waals surface area contributed by atoms with Gasteiger partial charge in [-0.1, -0.05) is 23.7 Å². The molecule has 0 bridgehead atoms. The van der Waals surface area contributed by atoms with E-state index in [0.29, 0.717) is 10.6 Å². The molecule has 0 aliphatic carbocycles. The number of rotatable bonds is 4. The van der Waals surface area contributed by atoms with Crippen molar-refractivity contribution in [2.24, 2.45) is 0 Å². The third-order valence-corrected chi connectivity index (χ3v) is 3.47. The second kappa shape index (κ2) is 6.44. The van der Waals surface area contributed by atoms with Gasteiger partial charge in [-0.05, 0) is 30.2 Å². The molecule has 0 spiro atoms. The fourth-order valence-corrected chi connectivity index (χ4v) is 2.11. The van der Waals surface area contributed by atoms with Crippen LogP contribution in [0.25, 0.3) is 11.1 Å². The Morgan fingerprint density at radius 3 is 2.73 bits per heavy atom. The van der Waals surface area contributed by atoms with E-state index in [0.717, 1.165) is 11.1 Å². The fourth-order valence-electron chi connectivity index (χ4n) is 1.94. The van der Waals surface area contributed by atoms with Crippen LogP contribution in [0.5, 0.6) is 5.75 Å². The lowest BCUT2D eigenvalue weighted by molar-refractivity contribution is -0.135. The predicted molar refractivity (Wildman–Crippen MR) is 81.1 cm³/mol. The minimum atomic E-state index is -1.18. The summed E-state index contributed by atoms with van der Waals surface area (Å²) in [4.78, 5) is 26.0. The molecule has 0 atom stereocenters. The number of nitrogens with zero attached hydrogens (tertiary/aromatic N) is 1. The highest BCUT2D eigenvalue weighted by Gasteiger charge is 2.15. The number of halogens is 1. The van der Waals surface area contributed by atoms with Crippen molar-refractivity contribution in [3.05, 3.63) is 46.7 Å². The molecule has 6 nitrogen and oxygen atoms in total. The summed E-state index contributed by atoms with van der Waals surface area (Å²) in [5.74, 6) is -2.27. The van der Waals surface area contributed by atoms with Gasteiger partial charge in [-0.25, -0.2) is 4.98 Å². The first-order valence-corrected chi connectivity index (χ1v) is 6.72. The Bertz CT molecular complexity index is 746. The van der Waals surface area contributed by atoms with Gasteiger partial charge in [-0.2, -0.15) is 0 Å². The molecule has 0 fully saturated rings. The number of hydrogen-bond acceptors (Lipinski definition) is 4. The topological polar surface area (TPSA) is 99.5 Å². The van der Waals surface area contributed by atoms with Crippen molar-refractivity contribution in [1.82, 2.24) is 10.3 Å². The average molecular weight is 321 g/mol. The number of aromatic nitrogens is 1. The summed E-state index contributed by atoms with van der Waals surface area (Å²) in [5.41, 5.74) is 1.98. The Hall–Kier alpha value is -2.60. The van der Waals surface area contributed by atoms with E-state index in [1.807, 2.05) is 13.0 Å². The number of aliphatic carboxylic acids is 1. The van der Waals surface area contributed by atoms with Crippen LogP contribution in [0.4, 0.5) is 0 Å². The molecule has 1 heterocycles. The van der Waals surface area contributed by atoms with Crippen molar-refractivity contribution in [1.29, 1.82) is 0 Å². The lowest BCUT2D eigenvalue weighted by Crippen LogP contribution is -2.29. The third kappa shape index (κ3) is 3.35. The van der Waals surface area contributed by atoms with E-state index in [1.54, 1.807) is 12.1 Å². The molecule has 0 aliphatic rings. The zero-order valence-corrected chi connectivity index (χ0v) is 12.4. The van der Waals surface area contributed by atoms with E-state index < -0.39 is 18.4 Å². The second-order valence-corrected chi connectivity index (χ2v) is 4.99. The summed E-state index contributed by atoms with van der Waals surface area (Å²) in [7, 11) is 0. The quantitative estimate of drug-likeness (QED) is 0.802. The molecule has 0 unspecified atom stereocenters. The third-order valence-electron chi connectivity index (χ3n) is 3.06. The van der Waals surface area contributed by atoms with Crippen molar-refractivity contribution < 1.29 is 19.8 Å². The Kier molecular flexibility index (Phi) is 4.62. The Labute approximate surface area is 131 Å². The van der Waals surface area contributed by atoms with Crippen LogP contribution in [0.3, 0.4) is 0 Å². The van der Waals surface area contributed by atoms with Gasteiger partial charge in [0, 0.05) is 16.8 Å². The van der Waals surface area contributed by atoms with Crippen molar-refractivity contribution in [3.63, 3.8) is 0 Å². The minimum absolute atomic E-state index is 0.232. The summed E-state index contributed by atoms with van der Waals surface area (Å²) in [6, 6.07) is 6.74. The van der Waals surface area contributed by atoms with Crippen LogP contribution in [0.2, 0.25) is 5.02 Å². The zero-order valence-electron chi connectivity index (χ0n) is 11.6. The lowest BCUT2D eigenvalue weighted by atomic mass is 10.0. The van der Waals surface area contributed by atoms with Crippen LogP contribution in [0.1, 0.15) is 16.1 Å². The number of carboxylic acids is 1. The Balaban J connectivity index is 2.32. The minimum Gasteiger partial charge on any atom is -0.505 e. The maximum Gasteiger partial charge on any atom is 0.322 e. The predicted octanol–water partition coefficient (Wildman–Crippen LogP) is 2.23. The molecular formula is C15H13ClN2O4. The number of aromatic hydroxyl groups is 1. The molecule has 1 aromatic carbocycles. The Morgan fingerprint density at radius 1 is 1.36 bits per heavy atom. The molecule has 22 heavy (non-hydrogen) atoms. The van der Waals surface area contributed by atoms with E-state index in [1.165, 1.54) is 12.3 Å². The van der Waals surface area contributed by atoms with Crippen LogP contribution < -0.4 is 5.32 Å². The van der Waals surface area contributed by atoms with Gasteiger partial charge in [0.2, 0.25) is 0 Å². The molecule has 0 saturated carbocycles. The van der Waals surface area contributed by atoms with Crippen molar-refractivity contribution >= 4 is 23.5 Å². The van der Waals surface area contributed by atoms with Gasteiger partial charge in [0.15, 0.2) is 5.69 Å². The highest BCUT2D eigenvalue weighted by Crippen LogP contribution is 2.30. The lowest BCUT2D eigenvalue weighted by Gasteiger charge is -2.09. The molecule has 0 radical (unpaired) electrons. The first-order chi connectivity index (χ1) is 10.4. The van der Waals surface area contributed by atoms with Gasteiger partial charge in [-0.3, -0.25) is 9.59 Å². The van der Waals surface area contributed by atoms with Crippen molar-refractivity contribution in [2.75, 3.05) is 6.54 Å². The number of amides is 1. The summed E-state index contributed by atoms with van der Waals surface area (Å²) >= 11 is 6.05. The summed E-state index contributed by atoms with van der Waals surface area (Å²) in [6.07, 6.45) is 1.42. The van der Waals surface area contributed by atoms with Crippen LogP contribution in [-0.4, -0.2) is 33.6 Å². The summed E-state index contributed by atoms with van der Waals surface area (Å²) in [5, 5.41) is 21.2. The first kappa shape index (κ1) is 15.8. The van der Waals surface area contributed by atoms with E-state index in [-0.39, 0.29) is 11.4 Å². The van der Waals surface area contributed by atoms with Gasteiger partial charge in [0.05, 0.1) is 0 Å². The van der Waals surface area contributed by atoms with Crippen LogP contribution in [-0.2, 0) is 4.79 Å². The zero-order chi connectivity index (χ0) is 16.3. The molecule has 114 valence electrons. The van der Waals surface area contributed by atoms with E-state index >= 15 is 0 Å². The SMILES string of the molecule is Cc1c(Cl)cccc1-c1cnc(C(=O)NCC(=O)O)c(O)c1. The van der Waals surface area contributed by atoms with Crippen LogP contribution in [0.15, 0.2) is 30.5 Å². The van der Waals surface area contributed by atoms with E-state index in [2.05, 4.69) is 10.3 Å². The molecule has 1 amide bonds. The van der Waals surface area contributed by atoms with Gasteiger partial charge in [0.25, 0.3) is 5.91 Å². The molecule has 2 rings (SSSR count). The summed E-state index contributed by atoms with van der Waals surface area (Å²) < 4.78 is 0. The van der Waals surface area contributed by atoms with E-state index in [4.69, 9.17) is 16.7 Å². The number of hydrogen-bond donors (Lipinski definition) is 3. The van der Waals surface area contributed by atoms with Crippen molar-refractivity contribution in [3.8, 4) is 16.9 Å². The summed E-state index contributed by atoms with van der Waals surface area (Å²) in [6.45, 7) is 1.29. The second-order valence-electron chi connectivity index (χ2n) is 4.58. The molecule has 0 saturated heterocycles. The largest absolute Gasteiger partial charge is 0.505 e. The number of benzene rings is 1. The van der Waals surface area contributed by atoms with E-state index in [9.17, 15) is 14.7 Å². The van der Waals surface area contributed by atoms with Crippen molar-refractivity contribution in [2.45, 2.75) is 6.92 Å². The maximum atomic E-state index is 11.7. The van der Waals surface area contributed by atoms with Gasteiger partial charge in [-0.15, -0.1) is 0 Å². The normalized spacial score (nSPS) is 10.3. The van der Waals surface area contributed by atoms with Crippen LogP contribution >= 0.6 is 11.6 Å². The number of carboxylic acid groups (broad SMARTS) is 1. The molecular weight excluding hydrogens is 308 g/mol. The maximum absolute atomic E-state index is 11.7. The number of nitrogens with one attached hydrogen (secondary N) is 1. The highest BCUT2D eigenvalue weighted by atomic mass is 35.5. The average Bonchev–Trinajstić information content (AvgIpc) is 2.47. The monoisotopic (exact) mass is 320 g/mol. The molecule has 0 aliphatic heterocycles. The van der Waals surface area contributed by atoms with Gasteiger partial charge >= 0.3 is 5.97 Å². The highest BCUT2D eigenvalue weighted by molar-refractivity contribution is 6.31. The van der Waals surface area contributed by atoms with Gasteiger partial charge in [0.1, 0.15) is 12.3 Å². The van der Waals surface area contributed by atoms with Crippen LogP contribution in [0, 0.1) is 6.92 Å². The standard InChI is InChI=1S/C15H13ClN2O4/c1-8-10(3-2-4-11(8)16)9-5-12(19)14(17-6-9)15(22)18-7-13(20)21/h2-6,19H,7H2,1H3,(H,18,22)(H,20,21). The smallest absolute Gasteiger partial charge is 0.322 e. The molecule has 3 N–H and O–H groups in total. The first-order valence-electron chi connectivity index (χ1n) is 6.34. The number of carbonyl (C=O) groups excluding carboxylic acids is 1. The molecule has 2 aromatic rings. The van der Waals surface area contributed by atoms with Gasteiger partial charge < -0.3 is 15.5 Å². The molecule has 7 heteroatoms. The Morgan fingerprint density at radius 2 is 2.09 bits per heavy atom. The number of pyridine rings is 1. The number of carbonyl (C=O) groups is 2. The molecule has 1 aromatic heterocycles.